The van der Waals surface area contributed by atoms with Crippen LogP contribution < -0.4 is 4.74 Å². The maximum absolute atomic E-state index is 11.4. The van der Waals surface area contributed by atoms with E-state index in [-0.39, 0.29) is 5.97 Å². The lowest BCUT2D eigenvalue weighted by atomic mass is 10.2. The molecular formula is C18H17BrN2O3. The Morgan fingerprint density at radius 1 is 1.21 bits per heavy atom. The summed E-state index contributed by atoms with van der Waals surface area (Å²) in [7, 11) is 1.36. The van der Waals surface area contributed by atoms with Gasteiger partial charge in [0.15, 0.2) is 0 Å². The molecule has 0 radical (unpaired) electrons. The number of aryl methyl sites for hydroxylation is 1. The highest BCUT2D eigenvalue weighted by atomic mass is 79.9. The molecule has 1 heterocycles. The van der Waals surface area contributed by atoms with Gasteiger partial charge in [0, 0.05) is 10.9 Å². The predicted octanol–water partition coefficient (Wildman–Crippen LogP) is 4.12. The standard InChI is InChI=1S/C18H17BrN2O3/c1-23-18(22)12-4-7-14(8-5-12)24-10-2-3-17-20-15-9-6-13(19)11-16(15)21-17/h4-9,11H,2-3,10H2,1H3,(H,20,21). The first-order chi connectivity index (χ1) is 11.7. The number of aromatic nitrogens is 2. The number of aromatic amines is 1. The minimum atomic E-state index is -0.349. The Morgan fingerprint density at radius 2 is 2.00 bits per heavy atom. The molecule has 1 N–H and O–H groups in total. The molecule has 0 aliphatic carbocycles. The second-order valence-electron chi connectivity index (χ2n) is 5.31. The van der Waals surface area contributed by atoms with Gasteiger partial charge in [0.1, 0.15) is 11.6 Å². The summed E-state index contributed by atoms with van der Waals surface area (Å²) >= 11 is 3.45. The minimum Gasteiger partial charge on any atom is -0.494 e. The van der Waals surface area contributed by atoms with Crippen molar-refractivity contribution in [1.29, 1.82) is 0 Å². The third kappa shape index (κ3) is 3.94. The quantitative estimate of drug-likeness (QED) is 0.509. The Labute approximate surface area is 148 Å². The van der Waals surface area contributed by atoms with Crippen molar-refractivity contribution in [3.05, 3.63) is 58.3 Å². The zero-order valence-corrected chi connectivity index (χ0v) is 14.8. The van der Waals surface area contributed by atoms with Gasteiger partial charge in [0.05, 0.1) is 30.3 Å². The fourth-order valence-corrected chi connectivity index (χ4v) is 2.75. The van der Waals surface area contributed by atoms with Crippen LogP contribution in [-0.2, 0) is 11.2 Å². The van der Waals surface area contributed by atoms with E-state index >= 15 is 0 Å². The van der Waals surface area contributed by atoms with Crippen molar-refractivity contribution in [2.45, 2.75) is 12.8 Å². The van der Waals surface area contributed by atoms with Gasteiger partial charge in [-0.25, -0.2) is 9.78 Å². The lowest BCUT2D eigenvalue weighted by Crippen LogP contribution is -2.02. The SMILES string of the molecule is COC(=O)c1ccc(OCCCc2nc3ccc(Br)cc3[nH]2)cc1. The molecule has 0 unspecified atom stereocenters. The topological polar surface area (TPSA) is 64.2 Å². The summed E-state index contributed by atoms with van der Waals surface area (Å²) in [5.74, 6) is 1.34. The van der Waals surface area contributed by atoms with Gasteiger partial charge in [-0.05, 0) is 48.9 Å². The highest BCUT2D eigenvalue weighted by Gasteiger charge is 2.05. The van der Waals surface area contributed by atoms with Crippen molar-refractivity contribution < 1.29 is 14.3 Å². The van der Waals surface area contributed by atoms with E-state index in [2.05, 4.69) is 30.6 Å². The normalized spacial score (nSPS) is 10.8. The monoisotopic (exact) mass is 388 g/mol. The van der Waals surface area contributed by atoms with Crippen LogP contribution in [0.3, 0.4) is 0 Å². The molecule has 0 saturated carbocycles. The van der Waals surface area contributed by atoms with Gasteiger partial charge < -0.3 is 14.5 Å². The summed E-state index contributed by atoms with van der Waals surface area (Å²) < 4.78 is 11.4. The minimum absolute atomic E-state index is 0.349. The smallest absolute Gasteiger partial charge is 0.337 e. The first-order valence-electron chi connectivity index (χ1n) is 7.61. The number of fused-ring (bicyclic) bond motifs is 1. The van der Waals surface area contributed by atoms with Crippen LogP contribution in [0.5, 0.6) is 5.75 Å². The molecule has 3 rings (SSSR count). The van der Waals surface area contributed by atoms with Crippen LogP contribution in [0, 0.1) is 0 Å². The molecule has 0 fully saturated rings. The summed E-state index contributed by atoms with van der Waals surface area (Å²) in [6, 6.07) is 12.9. The van der Waals surface area contributed by atoms with Crippen LogP contribution in [0.25, 0.3) is 11.0 Å². The summed E-state index contributed by atoms with van der Waals surface area (Å²) in [6.45, 7) is 0.582. The third-order valence-corrected chi connectivity index (χ3v) is 4.09. The Balaban J connectivity index is 1.50. The molecule has 24 heavy (non-hydrogen) atoms. The number of carbonyl (C=O) groups is 1. The Kier molecular flexibility index (Phi) is 5.15. The molecule has 3 aromatic rings. The highest BCUT2D eigenvalue weighted by Crippen LogP contribution is 2.18. The number of H-pyrrole nitrogens is 1. The number of hydrogen-bond acceptors (Lipinski definition) is 4. The maximum atomic E-state index is 11.4. The lowest BCUT2D eigenvalue weighted by molar-refractivity contribution is 0.0600. The number of methoxy groups -OCH3 is 1. The van der Waals surface area contributed by atoms with E-state index in [1.54, 1.807) is 24.3 Å². The average Bonchev–Trinajstić information content (AvgIpc) is 3.00. The number of hydrogen-bond donors (Lipinski definition) is 1. The number of nitrogens with zero attached hydrogens (tertiary/aromatic N) is 1. The first kappa shape index (κ1) is 16.5. The fourth-order valence-electron chi connectivity index (χ4n) is 2.39. The molecular weight excluding hydrogens is 372 g/mol. The molecule has 0 saturated heterocycles. The van der Waals surface area contributed by atoms with Gasteiger partial charge in [-0.15, -0.1) is 0 Å². The van der Waals surface area contributed by atoms with Gasteiger partial charge in [-0.3, -0.25) is 0 Å². The Bertz CT molecular complexity index is 843. The molecule has 0 spiro atoms. The van der Waals surface area contributed by atoms with Crippen LogP contribution in [0.1, 0.15) is 22.6 Å². The summed E-state index contributed by atoms with van der Waals surface area (Å²) in [5.41, 5.74) is 2.50. The van der Waals surface area contributed by atoms with Crippen LogP contribution in [0.4, 0.5) is 0 Å². The van der Waals surface area contributed by atoms with Crippen molar-refractivity contribution in [3.8, 4) is 5.75 Å². The highest BCUT2D eigenvalue weighted by molar-refractivity contribution is 9.10. The van der Waals surface area contributed by atoms with Crippen LogP contribution in [-0.4, -0.2) is 29.7 Å². The number of benzene rings is 2. The molecule has 6 heteroatoms. The zero-order chi connectivity index (χ0) is 16.9. The predicted molar refractivity (Wildman–Crippen MR) is 95.4 cm³/mol. The lowest BCUT2D eigenvalue weighted by Gasteiger charge is -2.06. The molecule has 0 aliphatic heterocycles. The van der Waals surface area contributed by atoms with Gasteiger partial charge >= 0.3 is 5.97 Å². The van der Waals surface area contributed by atoms with Crippen LogP contribution in [0.2, 0.25) is 0 Å². The molecule has 1 aromatic heterocycles. The number of halogens is 1. The van der Waals surface area contributed by atoms with Crippen LogP contribution in [0.15, 0.2) is 46.9 Å². The summed E-state index contributed by atoms with van der Waals surface area (Å²) in [6.07, 6.45) is 1.66. The van der Waals surface area contributed by atoms with Crippen molar-refractivity contribution >= 4 is 32.9 Å². The molecule has 0 aliphatic rings. The number of carbonyl (C=O) groups excluding carboxylic acids is 1. The Hall–Kier alpha value is -2.34. The number of ether oxygens (including phenoxy) is 2. The first-order valence-corrected chi connectivity index (χ1v) is 8.40. The maximum Gasteiger partial charge on any atom is 0.337 e. The number of esters is 1. The summed E-state index contributed by atoms with van der Waals surface area (Å²) in [5, 5.41) is 0. The van der Waals surface area contributed by atoms with E-state index in [4.69, 9.17) is 4.74 Å². The second kappa shape index (κ2) is 7.49. The van der Waals surface area contributed by atoms with E-state index in [1.807, 2.05) is 18.2 Å². The molecule has 124 valence electrons. The van der Waals surface area contributed by atoms with Crippen molar-refractivity contribution in [2.75, 3.05) is 13.7 Å². The van der Waals surface area contributed by atoms with E-state index in [0.29, 0.717) is 12.2 Å². The van der Waals surface area contributed by atoms with Crippen molar-refractivity contribution in [2.24, 2.45) is 0 Å². The van der Waals surface area contributed by atoms with E-state index < -0.39 is 0 Å². The molecule has 0 atom stereocenters. The number of imidazole rings is 1. The van der Waals surface area contributed by atoms with Gasteiger partial charge in [-0.1, -0.05) is 15.9 Å². The van der Waals surface area contributed by atoms with E-state index in [1.165, 1.54) is 7.11 Å². The average molecular weight is 389 g/mol. The second-order valence-corrected chi connectivity index (χ2v) is 6.23. The Morgan fingerprint density at radius 3 is 2.75 bits per heavy atom. The van der Waals surface area contributed by atoms with Gasteiger partial charge in [0.25, 0.3) is 0 Å². The van der Waals surface area contributed by atoms with Crippen LogP contribution >= 0.6 is 15.9 Å². The largest absolute Gasteiger partial charge is 0.494 e. The number of nitrogens with one attached hydrogen (secondary N) is 1. The third-order valence-electron chi connectivity index (χ3n) is 3.60. The van der Waals surface area contributed by atoms with Crippen molar-refractivity contribution in [1.82, 2.24) is 9.97 Å². The molecule has 0 amide bonds. The van der Waals surface area contributed by atoms with Gasteiger partial charge in [-0.2, -0.15) is 0 Å². The molecule has 0 bridgehead atoms. The molecule has 5 nitrogen and oxygen atoms in total. The van der Waals surface area contributed by atoms with E-state index in [9.17, 15) is 4.79 Å². The van der Waals surface area contributed by atoms with E-state index in [0.717, 1.165) is 39.9 Å². The molecule has 2 aromatic carbocycles. The summed E-state index contributed by atoms with van der Waals surface area (Å²) in [4.78, 5) is 19.2. The van der Waals surface area contributed by atoms with Gasteiger partial charge in [0.2, 0.25) is 0 Å². The fraction of sp³-hybridized carbons (Fsp3) is 0.222. The zero-order valence-electron chi connectivity index (χ0n) is 13.2. The number of rotatable bonds is 6. The van der Waals surface area contributed by atoms with Crippen molar-refractivity contribution in [3.63, 3.8) is 0 Å².